The number of esters is 1. The summed E-state index contributed by atoms with van der Waals surface area (Å²) in [4.78, 5) is 12.3. The number of ether oxygens (including phenoxy) is 4. The van der Waals surface area contributed by atoms with E-state index < -0.39 is 49.1 Å². The average Bonchev–Trinajstić information content (AvgIpc) is 3.00. The fraction of sp³-hybridized carbons (Fsp3) is 0.562. The molecule has 2 saturated heterocycles. The number of hydrogen-bond donors (Lipinski definition) is 2. The molecule has 7 heteroatoms. The second kappa shape index (κ2) is 6.18. The summed E-state index contributed by atoms with van der Waals surface area (Å²) in [6.45, 7) is 2.93. The van der Waals surface area contributed by atoms with Crippen molar-refractivity contribution in [2.75, 3.05) is 6.61 Å². The quantitative estimate of drug-likeness (QED) is 0.776. The molecule has 0 bridgehead atoms. The van der Waals surface area contributed by atoms with E-state index in [1.807, 2.05) is 0 Å². The minimum Gasteiger partial charge on any atom is -0.453 e. The Labute approximate surface area is 133 Å². The van der Waals surface area contributed by atoms with Crippen LogP contribution in [0.25, 0.3) is 0 Å². The predicted octanol–water partition coefficient (Wildman–Crippen LogP) is 0.442. The van der Waals surface area contributed by atoms with Gasteiger partial charge in [0.15, 0.2) is 24.3 Å². The van der Waals surface area contributed by atoms with Gasteiger partial charge in [-0.25, -0.2) is 4.79 Å². The van der Waals surface area contributed by atoms with E-state index in [9.17, 15) is 15.0 Å². The molecule has 0 radical (unpaired) electrons. The molecule has 0 aliphatic carbocycles. The van der Waals surface area contributed by atoms with Crippen LogP contribution in [0.3, 0.4) is 0 Å². The molecule has 0 aromatic heterocycles. The first-order chi connectivity index (χ1) is 10.9. The third-order valence-corrected chi connectivity index (χ3v) is 3.85. The van der Waals surface area contributed by atoms with Crippen LogP contribution in [-0.2, 0) is 18.9 Å². The van der Waals surface area contributed by atoms with Gasteiger partial charge in [0.1, 0.15) is 12.2 Å². The molecule has 2 N–H and O–H groups in total. The Morgan fingerprint density at radius 2 is 2.00 bits per heavy atom. The zero-order valence-electron chi connectivity index (χ0n) is 12.9. The monoisotopic (exact) mass is 324 g/mol. The minimum atomic E-state index is -1.20. The van der Waals surface area contributed by atoms with Crippen LogP contribution < -0.4 is 0 Å². The van der Waals surface area contributed by atoms with Crippen LogP contribution in [0, 0.1) is 0 Å². The number of carbonyl (C=O) groups excluding carboxylic acids is 1. The Morgan fingerprint density at radius 1 is 1.30 bits per heavy atom. The molecular formula is C16H20O7. The van der Waals surface area contributed by atoms with Crippen LogP contribution in [0.15, 0.2) is 30.3 Å². The van der Waals surface area contributed by atoms with Crippen LogP contribution in [0.1, 0.15) is 24.2 Å². The van der Waals surface area contributed by atoms with Crippen molar-refractivity contribution in [2.24, 2.45) is 0 Å². The van der Waals surface area contributed by atoms with E-state index in [1.54, 1.807) is 44.2 Å². The van der Waals surface area contributed by atoms with Gasteiger partial charge in [-0.15, -0.1) is 0 Å². The van der Waals surface area contributed by atoms with E-state index in [2.05, 4.69) is 0 Å². The fourth-order valence-electron chi connectivity index (χ4n) is 2.82. The summed E-state index contributed by atoms with van der Waals surface area (Å²) < 4.78 is 22.4. The normalized spacial score (nSPS) is 33.2. The van der Waals surface area contributed by atoms with Crippen LogP contribution in [0.2, 0.25) is 0 Å². The molecule has 5 atom stereocenters. The van der Waals surface area contributed by atoms with Crippen LogP contribution in [0.5, 0.6) is 0 Å². The summed E-state index contributed by atoms with van der Waals surface area (Å²) in [5.41, 5.74) is 0.381. The number of hydrogen-bond acceptors (Lipinski definition) is 7. The minimum absolute atomic E-state index is 0.381. The zero-order chi connectivity index (χ0) is 16.6. The van der Waals surface area contributed by atoms with E-state index in [4.69, 9.17) is 18.9 Å². The highest BCUT2D eigenvalue weighted by molar-refractivity contribution is 5.89. The maximum absolute atomic E-state index is 12.3. The predicted molar refractivity (Wildman–Crippen MR) is 77.4 cm³/mol. The number of fused-ring (bicyclic) bond motifs is 1. The van der Waals surface area contributed by atoms with Crippen molar-refractivity contribution in [1.29, 1.82) is 0 Å². The van der Waals surface area contributed by atoms with Gasteiger partial charge in [0.2, 0.25) is 0 Å². The summed E-state index contributed by atoms with van der Waals surface area (Å²) in [5, 5.41) is 19.1. The summed E-state index contributed by atoms with van der Waals surface area (Å²) in [7, 11) is 0. The van der Waals surface area contributed by atoms with E-state index in [-0.39, 0.29) is 0 Å². The van der Waals surface area contributed by atoms with Crippen molar-refractivity contribution in [3.8, 4) is 0 Å². The molecular weight excluding hydrogens is 304 g/mol. The third kappa shape index (κ3) is 3.24. The van der Waals surface area contributed by atoms with Gasteiger partial charge in [0.25, 0.3) is 0 Å². The first-order valence-electron chi connectivity index (χ1n) is 7.47. The zero-order valence-corrected chi connectivity index (χ0v) is 12.9. The van der Waals surface area contributed by atoms with Crippen molar-refractivity contribution < 1.29 is 34.0 Å². The van der Waals surface area contributed by atoms with Crippen molar-refractivity contribution in [3.05, 3.63) is 35.9 Å². The first-order valence-corrected chi connectivity index (χ1v) is 7.47. The number of aliphatic hydroxyl groups is 2. The van der Waals surface area contributed by atoms with Gasteiger partial charge in [-0.1, -0.05) is 18.2 Å². The number of benzene rings is 1. The standard InChI is InChI=1S/C16H20O7/c1-16(2)22-13-12(11(10(18)8-17)21-15(13)23-16)20-14(19)9-6-4-3-5-7-9/h3-7,10-13,15,17-18H,8H2,1-2H3/t10-,11-,12-,13-,15-/m1/s1. The average molecular weight is 324 g/mol. The first kappa shape index (κ1) is 16.4. The molecule has 7 nitrogen and oxygen atoms in total. The maximum Gasteiger partial charge on any atom is 0.338 e. The highest BCUT2D eigenvalue weighted by Crippen LogP contribution is 2.39. The Morgan fingerprint density at radius 3 is 2.65 bits per heavy atom. The van der Waals surface area contributed by atoms with Gasteiger partial charge in [-0.3, -0.25) is 0 Å². The topological polar surface area (TPSA) is 94.5 Å². The lowest BCUT2D eigenvalue weighted by Gasteiger charge is -2.27. The smallest absolute Gasteiger partial charge is 0.338 e. The molecule has 2 fully saturated rings. The van der Waals surface area contributed by atoms with Crippen LogP contribution in [0.4, 0.5) is 0 Å². The van der Waals surface area contributed by atoms with Crippen molar-refractivity contribution in [1.82, 2.24) is 0 Å². The number of aliphatic hydroxyl groups excluding tert-OH is 2. The van der Waals surface area contributed by atoms with Gasteiger partial charge in [0, 0.05) is 0 Å². The Bertz CT molecular complexity index is 559. The second-order valence-electron chi connectivity index (χ2n) is 6.06. The molecule has 3 rings (SSSR count). The Kier molecular flexibility index (Phi) is 4.39. The van der Waals surface area contributed by atoms with E-state index in [0.29, 0.717) is 5.56 Å². The van der Waals surface area contributed by atoms with E-state index in [0.717, 1.165) is 0 Å². The number of rotatable bonds is 4. The lowest BCUT2D eigenvalue weighted by molar-refractivity contribution is -0.227. The van der Waals surface area contributed by atoms with E-state index in [1.165, 1.54) is 0 Å². The highest BCUT2D eigenvalue weighted by atomic mass is 16.8. The largest absolute Gasteiger partial charge is 0.453 e. The SMILES string of the molecule is CC1(C)O[C@H]2O[C@H]([C@H](O)CO)[C@@H](OC(=O)c3ccccc3)[C@H]2O1. The molecule has 2 heterocycles. The van der Waals surface area contributed by atoms with Crippen molar-refractivity contribution >= 4 is 5.97 Å². The van der Waals surface area contributed by atoms with Gasteiger partial charge >= 0.3 is 5.97 Å². The third-order valence-electron chi connectivity index (χ3n) is 3.85. The van der Waals surface area contributed by atoms with Crippen LogP contribution >= 0.6 is 0 Å². The Balaban J connectivity index is 1.79. The fourth-order valence-corrected chi connectivity index (χ4v) is 2.82. The van der Waals surface area contributed by atoms with Gasteiger partial charge in [0.05, 0.1) is 12.2 Å². The molecule has 0 spiro atoms. The van der Waals surface area contributed by atoms with Crippen molar-refractivity contribution in [2.45, 2.75) is 50.3 Å². The molecule has 2 aliphatic heterocycles. The maximum atomic E-state index is 12.3. The summed E-state index contributed by atoms with van der Waals surface area (Å²) in [6, 6.07) is 8.50. The summed E-state index contributed by atoms with van der Waals surface area (Å²) in [5.74, 6) is -1.43. The molecule has 23 heavy (non-hydrogen) atoms. The molecule has 1 aromatic carbocycles. The molecule has 0 saturated carbocycles. The van der Waals surface area contributed by atoms with Crippen molar-refractivity contribution in [3.63, 3.8) is 0 Å². The molecule has 126 valence electrons. The van der Waals surface area contributed by atoms with Gasteiger partial charge in [-0.05, 0) is 26.0 Å². The lowest BCUT2D eigenvalue weighted by atomic mass is 10.1. The summed E-state index contributed by atoms with van der Waals surface area (Å²) >= 11 is 0. The van der Waals surface area contributed by atoms with Crippen LogP contribution in [-0.4, -0.2) is 59.3 Å². The van der Waals surface area contributed by atoms with E-state index >= 15 is 0 Å². The van der Waals surface area contributed by atoms with Gasteiger partial charge < -0.3 is 29.2 Å². The lowest BCUT2D eigenvalue weighted by Crippen LogP contribution is -2.45. The second-order valence-corrected chi connectivity index (χ2v) is 6.06. The number of carbonyl (C=O) groups is 1. The highest BCUT2D eigenvalue weighted by Gasteiger charge is 2.58. The summed E-state index contributed by atoms with van der Waals surface area (Å²) in [6.07, 6.45) is -4.42. The molecule has 0 amide bonds. The Hall–Kier alpha value is -1.51. The van der Waals surface area contributed by atoms with Gasteiger partial charge in [-0.2, -0.15) is 0 Å². The molecule has 1 aromatic rings. The molecule has 0 unspecified atom stereocenters. The molecule has 2 aliphatic rings.